The number of nitriles is 2. The van der Waals surface area contributed by atoms with Crippen molar-refractivity contribution in [3.05, 3.63) is 127 Å². The number of phenolic OH excluding ortho intramolecular Hbond substituents is 1. The number of carbonyl (C=O) groups is 2. The van der Waals surface area contributed by atoms with Gasteiger partial charge in [-0.25, -0.2) is 15.0 Å². The van der Waals surface area contributed by atoms with Gasteiger partial charge in [0.15, 0.2) is 4.47 Å². The molecule has 0 saturated carbocycles. The number of amides is 1. The van der Waals surface area contributed by atoms with Gasteiger partial charge < -0.3 is 62.0 Å². The number of thiazole rings is 3. The van der Waals surface area contributed by atoms with E-state index < -0.39 is 5.91 Å². The number of halogens is 1. The molecule has 0 aliphatic rings. The molecule has 1 amide bonds. The molecule has 6 aromatic rings. The SMILES string of the molecule is COCCCNCc1cnc(Cl)s1.COCCCNCc1cnc(Oc2ccc(C#N)cc2)s1.COCCCNCc1cnc(Oc2ccc(C(N)=O)cc2)s1.N#Cc1ccc(O)cc1.O=CO[O-].[H-].[K+].[K+]. The summed E-state index contributed by atoms with van der Waals surface area (Å²) in [4.78, 5) is 38.0. The molecule has 25 heteroatoms. The Kier molecular flexibility index (Phi) is 42.8. The molecule has 6 N–H and O–H groups in total. The van der Waals surface area contributed by atoms with Crippen LogP contribution in [0.25, 0.3) is 0 Å². The van der Waals surface area contributed by atoms with Crippen molar-refractivity contribution in [3.63, 3.8) is 0 Å². The van der Waals surface area contributed by atoms with Gasteiger partial charge in [-0.2, -0.15) is 10.5 Å². The molecular formula is C46H56ClK2N9O10S3. The van der Waals surface area contributed by atoms with Gasteiger partial charge in [-0.1, -0.05) is 34.3 Å². The number of methoxy groups -OCH3 is 3. The van der Waals surface area contributed by atoms with Gasteiger partial charge in [-0.05, 0) is 112 Å². The zero-order chi connectivity index (χ0) is 50.3. The Bertz CT molecular complexity index is 2380. The van der Waals surface area contributed by atoms with E-state index in [9.17, 15) is 4.79 Å². The molecule has 19 nitrogen and oxygen atoms in total. The molecular weight excluding hydrogens is 1050 g/mol. The second kappa shape index (κ2) is 44.6. The van der Waals surface area contributed by atoms with Gasteiger partial charge >= 0.3 is 103 Å². The topological polar surface area (TPSA) is 281 Å². The maximum absolute atomic E-state index is 11.0. The number of rotatable bonds is 24. The first kappa shape index (κ1) is 68.2. The third-order valence-electron chi connectivity index (χ3n) is 8.16. The average Bonchev–Trinajstić information content (AvgIpc) is 4.14. The summed E-state index contributed by atoms with van der Waals surface area (Å²) >= 11 is 10.2. The fraction of sp³-hybridized carbons (Fsp3) is 0.326. The van der Waals surface area contributed by atoms with Crippen LogP contribution >= 0.6 is 45.6 Å². The van der Waals surface area contributed by atoms with Crippen LogP contribution in [-0.4, -0.2) is 93.2 Å². The first-order chi connectivity index (χ1) is 33.6. The van der Waals surface area contributed by atoms with Gasteiger partial charge in [0, 0.05) is 99.6 Å². The van der Waals surface area contributed by atoms with Crippen LogP contribution in [0, 0.1) is 22.7 Å². The van der Waals surface area contributed by atoms with Crippen LogP contribution in [0.2, 0.25) is 4.47 Å². The number of nitrogens with zero attached hydrogens (tertiary/aromatic N) is 5. The Morgan fingerprint density at radius 2 is 1.06 bits per heavy atom. The van der Waals surface area contributed by atoms with Crippen molar-refractivity contribution < 1.29 is 153 Å². The Morgan fingerprint density at radius 1 is 0.690 bits per heavy atom. The summed E-state index contributed by atoms with van der Waals surface area (Å²) in [5, 5.41) is 45.3. The first-order valence-corrected chi connectivity index (χ1v) is 23.7. The summed E-state index contributed by atoms with van der Waals surface area (Å²) in [5.41, 5.74) is 6.82. The van der Waals surface area contributed by atoms with Crippen molar-refractivity contribution in [1.29, 1.82) is 10.5 Å². The number of carbonyl (C=O) groups excluding carboxylic acids is 2. The fourth-order valence-electron chi connectivity index (χ4n) is 4.88. The minimum atomic E-state index is -0.456. The number of hydrogen-bond donors (Lipinski definition) is 5. The molecule has 0 aliphatic carbocycles. The molecule has 0 saturated heterocycles. The van der Waals surface area contributed by atoms with Crippen LogP contribution < -0.4 is 139 Å². The second-order valence-corrected chi connectivity index (χ2v) is 17.3. The van der Waals surface area contributed by atoms with Crippen molar-refractivity contribution in [2.75, 3.05) is 60.8 Å². The second-order valence-electron chi connectivity index (χ2n) is 13.4. The van der Waals surface area contributed by atoms with E-state index in [-0.39, 0.29) is 116 Å². The van der Waals surface area contributed by atoms with E-state index in [1.54, 1.807) is 94.4 Å². The van der Waals surface area contributed by atoms with Crippen LogP contribution in [-0.2, 0) is 43.5 Å². The molecule has 3 heterocycles. The number of hydrogen-bond acceptors (Lipinski definition) is 21. The molecule has 71 heavy (non-hydrogen) atoms. The number of ether oxygens (including phenoxy) is 5. The Hall–Kier alpha value is -2.85. The number of nitrogens with one attached hydrogen (secondary N) is 3. The van der Waals surface area contributed by atoms with E-state index in [1.165, 1.54) is 51.0 Å². The molecule has 372 valence electrons. The Labute approximate surface area is 517 Å². The van der Waals surface area contributed by atoms with Crippen molar-refractivity contribution in [1.82, 2.24) is 30.9 Å². The maximum Gasteiger partial charge on any atom is 1.00 e. The quantitative estimate of drug-likeness (QED) is 0.0185. The van der Waals surface area contributed by atoms with Gasteiger partial charge in [0.1, 0.15) is 17.2 Å². The van der Waals surface area contributed by atoms with Crippen LogP contribution in [0.3, 0.4) is 0 Å². The number of aromatic nitrogens is 3. The summed E-state index contributed by atoms with van der Waals surface area (Å²) in [6.07, 6.45) is 8.40. The molecule has 0 bridgehead atoms. The smallest absolute Gasteiger partial charge is 1.00 e. The zero-order valence-electron chi connectivity index (χ0n) is 41.3. The molecule has 3 aromatic heterocycles. The Morgan fingerprint density at radius 3 is 1.39 bits per heavy atom. The molecule has 6 rings (SSSR count). The van der Waals surface area contributed by atoms with Crippen molar-refractivity contribution in [3.8, 4) is 39.8 Å². The largest absolute Gasteiger partial charge is 1.00 e. The molecule has 0 aliphatic heterocycles. The number of phenols is 1. The minimum Gasteiger partial charge on any atom is -1.00 e. The van der Waals surface area contributed by atoms with Gasteiger partial charge in [0.2, 0.25) is 5.91 Å². The summed E-state index contributed by atoms with van der Waals surface area (Å²) in [5.74, 6) is 1.04. The normalized spacial score (nSPS) is 9.62. The van der Waals surface area contributed by atoms with Gasteiger partial charge in [-0.15, -0.1) is 11.3 Å². The molecule has 0 unspecified atom stereocenters. The van der Waals surface area contributed by atoms with Gasteiger partial charge in [0.05, 0.1) is 23.3 Å². The number of benzene rings is 3. The average molecular weight is 1100 g/mol. The predicted octanol–water partition coefficient (Wildman–Crippen LogP) is 0.835. The van der Waals surface area contributed by atoms with Gasteiger partial charge in [-0.3, -0.25) is 9.59 Å². The van der Waals surface area contributed by atoms with E-state index >= 15 is 0 Å². The third kappa shape index (κ3) is 33.6. The van der Waals surface area contributed by atoms with Crippen LogP contribution in [0.1, 0.15) is 56.8 Å². The van der Waals surface area contributed by atoms with E-state index in [1.807, 2.05) is 12.3 Å². The van der Waals surface area contributed by atoms with Crippen LogP contribution in [0.5, 0.6) is 27.6 Å². The zero-order valence-corrected chi connectivity index (χ0v) is 49.7. The molecule has 0 radical (unpaired) electrons. The Balaban J connectivity index is 0. The summed E-state index contributed by atoms with van der Waals surface area (Å²) in [7, 11) is 5.11. The monoisotopic (exact) mass is 1100 g/mol. The first-order valence-electron chi connectivity index (χ1n) is 20.8. The predicted molar refractivity (Wildman–Crippen MR) is 263 cm³/mol. The molecule has 0 spiro atoms. The van der Waals surface area contributed by atoms with E-state index in [0.29, 0.717) is 43.0 Å². The number of nitrogens with two attached hydrogens (primary N) is 1. The third-order valence-corrected chi connectivity index (χ3v) is 11.0. The standard InChI is InChI=1S/C15H19N3O3S.C15H17N3O2S.C8H13ClN2OS.C7H5NO.CH2O3.2K.H/c1-20-8-2-7-17-9-13-10-18-15(22-13)21-12-5-3-11(4-6-12)14(16)19;1-19-8-2-7-17-10-14-11-18-15(21-14)20-13-5-3-12(9-16)4-6-13;1-12-4-2-3-10-5-7-6-11-8(9)13-7;8-5-6-1-3-7(9)4-2-6;2-1-4-3;;;/h3-6,10,17H,2,7-9H2,1H3,(H2,16,19);3-6,11,17H,2,7-8,10H2,1H3;6,10H,2-5H2,1H3;1-4,9H;1,3H;;;/q;;;;;2*+1;-1/p-1. The summed E-state index contributed by atoms with van der Waals surface area (Å²) in [6, 6.07) is 23.8. The molecule has 0 atom stereocenters. The fourth-order valence-corrected chi connectivity index (χ4v) is 7.33. The van der Waals surface area contributed by atoms with E-state index in [4.69, 9.17) is 66.7 Å². The van der Waals surface area contributed by atoms with Crippen molar-refractivity contribution in [2.45, 2.75) is 38.9 Å². The van der Waals surface area contributed by atoms with Crippen LogP contribution in [0.4, 0.5) is 0 Å². The summed E-state index contributed by atoms with van der Waals surface area (Å²) in [6.45, 7) is 7.29. The summed E-state index contributed by atoms with van der Waals surface area (Å²) < 4.78 is 26.8. The maximum atomic E-state index is 11.0. The van der Waals surface area contributed by atoms with Crippen LogP contribution in [0.15, 0.2) is 91.4 Å². The van der Waals surface area contributed by atoms with Crippen molar-refractivity contribution >= 4 is 58.0 Å². The number of aromatic hydroxyl groups is 1. The van der Waals surface area contributed by atoms with Gasteiger partial charge in [0.25, 0.3) is 16.9 Å². The molecule has 3 aromatic carbocycles. The van der Waals surface area contributed by atoms with E-state index in [2.05, 4.69) is 41.9 Å². The van der Waals surface area contributed by atoms with Crippen molar-refractivity contribution in [2.24, 2.45) is 5.73 Å². The number of primary amides is 1. The minimum absolute atomic E-state index is 0. The van der Waals surface area contributed by atoms with E-state index in [0.717, 1.165) is 88.1 Å². The molecule has 0 fully saturated rings.